The third kappa shape index (κ3) is 3.08. The van der Waals surface area contributed by atoms with E-state index in [-0.39, 0.29) is 12.2 Å². The van der Waals surface area contributed by atoms with Gasteiger partial charge in [0.2, 0.25) is 0 Å². The average Bonchev–Trinajstić information content (AvgIpc) is 3.04. The molecule has 0 aliphatic carbocycles. The zero-order valence-corrected chi connectivity index (χ0v) is 9.94. The maximum Gasteiger partial charge on any atom is 0.130 e. The second-order valence-electron chi connectivity index (χ2n) is 3.51. The molecule has 1 saturated heterocycles. The number of rotatable bonds is 5. The van der Waals surface area contributed by atoms with Crippen LogP contribution in [0, 0.1) is 0 Å². The molecule has 2 rings (SSSR count). The highest BCUT2D eigenvalue weighted by Crippen LogP contribution is 2.24. The zero-order valence-electron chi connectivity index (χ0n) is 8.36. The van der Waals surface area contributed by atoms with Crippen molar-refractivity contribution < 1.29 is 9.47 Å². The molecular weight excluding hydrogens is 256 g/mol. The Balaban J connectivity index is 1.98. The number of benzene rings is 1. The van der Waals surface area contributed by atoms with Crippen molar-refractivity contribution in [2.24, 2.45) is 0 Å². The lowest BCUT2D eigenvalue weighted by Gasteiger charge is -2.15. The van der Waals surface area contributed by atoms with Crippen molar-refractivity contribution in [1.82, 2.24) is 0 Å². The van der Waals surface area contributed by atoms with Crippen LogP contribution in [0.3, 0.4) is 0 Å². The molecule has 0 bridgehead atoms. The predicted molar refractivity (Wildman–Crippen MR) is 63.1 cm³/mol. The summed E-state index contributed by atoms with van der Waals surface area (Å²) >= 11 is 3.39. The number of hydrogen-bond donors (Lipinski definition) is 0. The largest absolute Gasteiger partial charge is 0.487 e. The lowest BCUT2D eigenvalue weighted by molar-refractivity contribution is 0.162. The molecule has 15 heavy (non-hydrogen) atoms. The van der Waals surface area contributed by atoms with E-state index >= 15 is 0 Å². The lowest BCUT2D eigenvalue weighted by atomic mass is 10.2. The van der Waals surface area contributed by atoms with Gasteiger partial charge in [0.15, 0.2) is 0 Å². The number of hydrogen-bond acceptors (Lipinski definition) is 2. The van der Waals surface area contributed by atoms with E-state index in [0.717, 1.165) is 23.2 Å². The smallest absolute Gasteiger partial charge is 0.130 e. The third-order valence-electron chi connectivity index (χ3n) is 2.27. The highest BCUT2D eigenvalue weighted by molar-refractivity contribution is 9.10. The molecule has 0 aromatic heterocycles. The normalized spacial score (nSPS) is 20.7. The Labute approximate surface area is 98.0 Å². The van der Waals surface area contributed by atoms with Crippen LogP contribution in [0.25, 0.3) is 0 Å². The SMILES string of the molecule is C=CCC(Oc1ccc(Br)cc1)C1CO1. The third-order valence-corrected chi connectivity index (χ3v) is 2.80. The van der Waals surface area contributed by atoms with E-state index in [0.29, 0.717) is 0 Å². The van der Waals surface area contributed by atoms with Crippen molar-refractivity contribution >= 4 is 15.9 Å². The van der Waals surface area contributed by atoms with Crippen molar-refractivity contribution in [3.63, 3.8) is 0 Å². The highest BCUT2D eigenvalue weighted by Gasteiger charge is 2.33. The molecule has 2 unspecified atom stereocenters. The molecule has 1 aromatic carbocycles. The minimum Gasteiger partial charge on any atom is -0.487 e. The van der Waals surface area contributed by atoms with Crippen LogP contribution in [0.4, 0.5) is 0 Å². The Morgan fingerprint density at radius 1 is 1.53 bits per heavy atom. The second-order valence-corrected chi connectivity index (χ2v) is 4.42. The van der Waals surface area contributed by atoms with Crippen LogP contribution in [-0.2, 0) is 4.74 Å². The summed E-state index contributed by atoms with van der Waals surface area (Å²) in [5.74, 6) is 0.876. The lowest BCUT2D eigenvalue weighted by Crippen LogP contribution is -2.22. The molecule has 1 aliphatic heterocycles. The summed E-state index contributed by atoms with van der Waals surface area (Å²) in [4.78, 5) is 0. The number of halogens is 1. The summed E-state index contributed by atoms with van der Waals surface area (Å²) in [6.45, 7) is 4.52. The van der Waals surface area contributed by atoms with E-state index in [2.05, 4.69) is 22.5 Å². The molecule has 0 spiro atoms. The van der Waals surface area contributed by atoms with E-state index < -0.39 is 0 Å². The number of epoxide rings is 1. The maximum absolute atomic E-state index is 5.82. The molecule has 0 saturated carbocycles. The van der Waals surface area contributed by atoms with Gasteiger partial charge in [-0.15, -0.1) is 6.58 Å². The first-order chi connectivity index (χ1) is 7.29. The fourth-order valence-corrected chi connectivity index (χ4v) is 1.66. The molecule has 1 aliphatic rings. The van der Waals surface area contributed by atoms with Crippen molar-refractivity contribution in [1.29, 1.82) is 0 Å². The van der Waals surface area contributed by atoms with Crippen LogP contribution in [0.15, 0.2) is 41.4 Å². The second kappa shape index (κ2) is 4.81. The van der Waals surface area contributed by atoms with Crippen LogP contribution < -0.4 is 4.74 Å². The van der Waals surface area contributed by atoms with Crippen LogP contribution in [0.2, 0.25) is 0 Å². The van der Waals surface area contributed by atoms with E-state index in [1.54, 1.807) is 0 Å². The Hall–Kier alpha value is -0.800. The molecule has 2 atom stereocenters. The van der Waals surface area contributed by atoms with Crippen LogP contribution in [0.1, 0.15) is 6.42 Å². The molecule has 1 fully saturated rings. The van der Waals surface area contributed by atoms with Gasteiger partial charge in [-0.2, -0.15) is 0 Å². The standard InChI is InChI=1S/C12H13BrO2/c1-2-3-11(12-8-14-12)15-10-6-4-9(13)5-7-10/h2,4-7,11-12H,1,3,8H2. The predicted octanol–water partition coefficient (Wildman–Crippen LogP) is 3.17. The van der Waals surface area contributed by atoms with Crippen LogP contribution >= 0.6 is 15.9 Å². The quantitative estimate of drug-likeness (QED) is 0.605. The first-order valence-corrected chi connectivity index (χ1v) is 5.73. The van der Waals surface area contributed by atoms with Gasteiger partial charge in [-0.25, -0.2) is 0 Å². The summed E-state index contributed by atoms with van der Waals surface area (Å²) in [5.41, 5.74) is 0. The molecule has 0 amide bonds. The molecule has 0 radical (unpaired) electrons. The van der Waals surface area contributed by atoms with Gasteiger partial charge in [0.1, 0.15) is 18.0 Å². The van der Waals surface area contributed by atoms with E-state index in [4.69, 9.17) is 9.47 Å². The molecule has 2 nitrogen and oxygen atoms in total. The number of ether oxygens (including phenoxy) is 2. The van der Waals surface area contributed by atoms with Gasteiger partial charge in [0.05, 0.1) is 6.61 Å². The molecule has 1 aromatic rings. The van der Waals surface area contributed by atoms with Gasteiger partial charge in [-0.05, 0) is 24.3 Å². The van der Waals surface area contributed by atoms with E-state index in [1.807, 2.05) is 30.3 Å². The van der Waals surface area contributed by atoms with Crippen LogP contribution in [-0.4, -0.2) is 18.8 Å². The highest BCUT2D eigenvalue weighted by atomic mass is 79.9. The molecule has 3 heteroatoms. The van der Waals surface area contributed by atoms with E-state index in [1.165, 1.54) is 0 Å². The molecular formula is C12H13BrO2. The van der Waals surface area contributed by atoms with Gasteiger partial charge in [0.25, 0.3) is 0 Å². The maximum atomic E-state index is 5.82. The fourth-order valence-electron chi connectivity index (χ4n) is 1.40. The van der Waals surface area contributed by atoms with Crippen LogP contribution in [0.5, 0.6) is 5.75 Å². The Kier molecular flexibility index (Phi) is 3.44. The first kappa shape index (κ1) is 10.7. The molecule has 0 N–H and O–H groups in total. The first-order valence-electron chi connectivity index (χ1n) is 4.94. The van der Waals surface area contributed by atoms with Gasteiger partial charge < -0.3 is 9.47 Å². The molecule has 1 heterocycles. The summed E-state index contributed by atoms with van der Waals surface area (Å²) in [6, 6.07) is 7.83. The van der Waals surface area contributed by atoms with Crippen molar-refractivity contribution in [3.8, 4) is 5.75 Å². The van der Waals surface area contributed by atoms with Crippen molar-refractivity contribution in [2.75, 3.05) is 6.61 Å². The summed E-state index contributed by atoms with van der Waals surface area (Å²) in [7, 11) is 0. The Morgan fingerprint density at radius 2 is 2.20 bits per heavy atom. The van der Waals surface area contributed by atoms with Crippen molar-refractivity contribution in [2.45, 2.75) is 18.6 Å². The van der Waals surface area contributed by atoms with Gasteiger partial charge in [-0.3, -0.25) is 0 Å². The fraction of sp³-hybridized carbons (Fsp3) is 0.333. The summed E-state index contributed by atoms with van der Waals surface area (Å²) in [6.07, 6.45) is 3.03. The summed E-state index contributed by atoms with van der Waals surface area (Å²) < 4.78 is 12.1. The topological polar surface area (TPSA) is 21.8 Å². The minimum atomic E-state index is 0.101. The minimum absolute atomic E-state index is 0.101. The molecule has 80 valence electrons. The summed E-state index contributed by atoms with van der Waals surface area (Å²) in [5, 5.41) is 0. The van der Waals surface area contributed by atoms with Gasteiger partial charge in [-0.1, -0.05) is 22.0 Å². The van der Waals surface area contributed by atoms with Gasteiger partial charge >= 0.3 is 0 Å². The zero-order chi connectivity index (χ0) is 10.7. The van der Waals surface area contributed by atoms with Gasteiger partial charge in [0, 0.05) is 10.9 Å². The van der Waals surface area contributed by atoms with Crippen molar-refractivity contribution in [3.05, 3.63) is 41.4 Å². The average molecular weight is 269 g/mol. The van der Waals surface area contributed by atoms with E-state index in [9.17, 15) is 0 Å². The Bertz CT molecular complexity index is 330. The monoisotopic (exact) mass is 268 g/mol. The Morgan fingerprint density at radius 3 is 2.73 bits per heavy atom.